The second-order valence-corrected chi connectivity index (χ2v) is 19.6. The molecular weight excluding hydrogens is 769 g/mol. The molecule has 11 aromatic rings. The third-order valence-corrected chi connectivity index (χ3v) is 16.4. The maximum atomic E-state index is 6.97. The van der Waals surface area contributed by atoms with Crippen molar-refractivity contribution in [2.24, 2.45) is 0 Å². The van der Waals surface area contributed by atoms with Gasteiger partial charge in [0.1, 0.15) is 31.8 Å². The van der Waals surface area contributed by atoms with E-state index in [4.69, 9.17) is 9.47 Å². The first-order valence-corrected chi connectivity index (χ1v) is 23.2. The van der Waals surface area contributed by atoms with E-state index in [-0.39, 0.29) is 0 Å². The normalized spacial score (nSPS) is 12.4. The van der Waals surface area contributed by atoms with Crippen LogP contribution >= 0.6 is 0 Å². The van der Waals surface area contributed by atoms with Gasteiger partial charge in [-0.1, -0.05) is 180 Å². The van der Waals surface area contributed by atoms with Gasteiger partial charge in [-0.25, -0.2) is 0 Å². The first-order valence-electron chi connectivity index (χ1n) is 21.4. The van der Waals surface area contributed by atoms with Crippen molar-refractivity contribution in [2.45, 2.75) is 6.92 Å². The maximum absolute atomic E-state index is 6.97. The molecule has 2 aliphatic heterocycles. The molecule has 0 atom stereocenters. The molecule has 0 saturated heterocycles. The highest BCUT2D eigenvalue weighted by Crippen LogP contribution is 2.53. The molecule has 0 bridgehead atoms. The molecular formula is C59H38O2Si. The fourth-order valence-electron chi connectivity index (χ4n) is 10.6. The second-order valence-electron chi connectivity index (χ2n) is 16.7. The first-order chi connectivity index (χ1) is 30.7. The van der Waals surface area contributed by atoms with Crippen LogP contribution in [0.4, 0.5) is 0 Å². The third-order valence-electron chi connectivity index (χ3n) is 13.2. The Morgan fingerprint density at radius 2 is 0.710 bits per heavy atom. The Kier molecular flexibility index (Phi) is 7.72. The van der Waals surface area contributed by atoms with Crippen molar-refractivity contribution in [3.8, 4) is 67.5 Å². The standard InChI is InChI=1S/C59H38O2Si/c1-36-26-28-40-42-22-12-24-48-50(30-32-52(58(42)48)60-54(40)34-36)56-44-18-8-10-20-46(44)57(47-21-11-9-19-45(47)56)51-31-33-53-59-43(23-13-25-49(51)59)41-29-27-39(35-55(41)61-53)62(37-14-4-2-5-15-37)38-16-6-3-7-17-38/h2-35,62H,1H3. The molecule has 13 rings (SSSR count). The van der Waals surface area contributed by atoms with E-state index < -0.39 is 8.80 Å². The van der Waals surface area contributed by atoms with E-state index in [9.17, 15) is 0 Å². The van der Waals surface area contributed by atoms with E-state index in [1.807, 2.05) is 0 Å². The number of aryl methyl sites for hydroxylation is 1. The number of fused-ring (bicyclic) bond motifs is 6. The highest BCUT2D eigenvalue weighted by Gasteiger charge is 2.28. The lowest BCUT2D eigenvalue weighted by Gasteiger charge is -2.26. The van der Waals surface area contributed by atoms with Gasteiger partial charge in [0, 0.05) is 21.9 Å². The molecule has 2 nitrogen and oxygen atoms in total. The van der Waals surface area contributed by atoms with E-state index in [1.165, 1.54) is 86.8 Å². The largest absolute Gasteiger partial charge is 0.456 e. The summed E-state index contributed by atoms with van der Waals surface area (Å²) < 4.78 is 13.6. The van der Waals surface area contributed by atoms with Gasteiger partial charge in [-0.05, 0) is 120 Å². The molecule has 2 aliphatic rings. The quantitative estimate of drug-likeness (QED) is 0.0980. The Bertz CT molecular complexity index is 3550. The van der Waals surface area contributed by atoms with Crippen LogP contribution in [0.1, 0.15) is 5.56 Å². The molecule has 3 heteroatoms. The van der Waals surface area contributed by atoms with Crippen molar-refractivity contribution in [2.75, 3.05) is 0 Å². The summed E-state index contributed by atoms with van der Waals surface area (Å²) >= 11 is 0. The van der Waals surface area contributed by atoms with Crippen LogP contribution in [0.25, 0.3) is 87.6 Å². The van der Waals surface area contributed by atoms with E-state index in [0.29, 0.717) is 0 Å². The van der Waals surface area contributed by atoms with Crippen LogP contribution in [0.15, 0.2) is 206 Å². The number of hydrogen-bond donors (Lipinski definition) is 0. The zero-order chi connectivity index (χ0) is 40.9. The molecule has 0 aromatic heterocycles. The number of benzene rings is 11. The molecule has 11 aromatic carbocycles. The Morgan fingerprint density at radius 3 is 1.21 bits per heavy atom. The monoisotopic (exact) mass is 806 g/mol. The molecule has 0 unspecified atom stereocenters. The van der Waals surface area contributed by atoms with Crippen molar-refractivity contribution in [1.82, 2.24) is 0 Å². The van der Waals surface area contributed by atoms with Crippen LogP contribution in [0.2, 0.25) is 0 Å². The van der Waals surface area contributed by atoms with Gasteiger partial charge >= 0.3 is 0 Å². The summed E-state index contributed by atoms with van der Waals surface area (Å²) in [6, 6.07) is 75.7. The number of ether oxygens (including phenoxy) is 2. The Labute approximate surface area is 361 Å². The van der Waals surface area contributed by atoms with Gasteiger partial charge in [0.25, 0.3) is 0 Å². The van der Waals surface area contributed by atoms with E-state index >= 15 is 0 Å². The molecule has 0 radical (unpaired) electrons. The molecule has 0 N–H and O–H groups in total. The van der Waals surface area contributed by atoms with Crippen molar-refractivity contribution < 1.29 is 9.47 Å². The fraction of sp³-hybridized carbons (Fsp3) is 0.0169. The van der Waals surface area contributed by atoms with Gasteiger partial charge in [0.15, 0.2) is 0 Å². The molecule has 0 fully saturated rings. The third kappa shape index (κ3) is 5.22. The lowest BCUT2D eigenvalue weighted by Crippen LogP contribution is -2.51. The zero-order valence-electron chi connectivity index (χ0n) is 34.0. The van der Waals surface area contributed by atoms with Crippen molar-refractivity contribution in [3.63, 3.8) is 0 Å². The van der Waals surface area contributed by atoms with Gasteiger partial charge in [0.2, 0.25) is 0 Å². The summed E-state index contributed by atoms with van der Waals surface area (Å²) in [5.74, 6) is 3.64. The van der Waals surface area contributed by atoms with Crippen LogP contribution in [0.3, 0.4) is 0 Å². The van der Waals surface area contributed by atoms with Crippen molar-refractivity contribution >= 4 is 67.4 Å². The molecule has 0 amide bonds. The highest BCUT2D eigenvalue weighted by atomic mass is 28.3. The Morgan fingerprint density at radius 1 is 0.290 bits per heavy atom. The van der Waals surface area contributed by atoms with E-state index in [1.54, 1.807) is 0 Å². The van der Waals surface area contributed by atoms with Crippen LogP contribution in [-0.2, 0) is 0 Å². The lowest BCUT2D eigenvalue weighted by atomic mass is 9.82. The van der Waals surface area contributed by atoms with Crippen LogP contribution in [-0.4, -0.2) is 8.80 Å². The fourth-order valence-corrected chi connectivity index (χ4v) is 13.6. The van der Waals surface area contributed by atoms with Gasteiger partial charge < -0.3 is 9.47 Å². The minimum absolute atomic E-state index is 0.898. The van der Waals surface area contributed by atoms with Crippen LogP contribution < -0.4 is 25.0 Å². The number of rotatable bonds is 5. The van der Waals surface area contributed by atoms with E-state index in [0.717, 1.165) is 44.9 Å². The van der Waals surface area contributed by atoms with Crippen LogP contribution in [0.5, 0.6) is 23.0 Å². The molecule has 0 spiro atoms. The predicted octanol–water partition coefficient (Wildman–Crippen LogP) is 13.7. The molecule has 62 heavy (non-hydrogen) atoms. The van der Waals surface area contributed by atoms with Gasteiger partial charge in [-0.2, -0.15) is 0 Å². The lowest BCUT2D eigenvalue weighted by molar-refractivity contribution is 0.486. The van der Waals surface area contributed by atoms with Gasteiger partial charge in [-0.15, -0.1) is 0 Å². The van der Waals surface area contributed by atoms with Crippen molar-refractivity contribution in [3.05, 3.63) is 212 Å². The SMILES string of the molecule is Cc1ccc2c(c1)Oc1ccc(-c3c4ccccc4c(-c4ccc5c6c(cccc46)-c4ccc([SiH](c6ccccc6)c6ccccc6)cc4O5)c4ccccc34)c3cccc-2c13. The maximum Gasteiger partial charge on any atom is 0.135 e. The minimum atomic E-state index is -1.75. The zero-order valence-corrected chi connectivity index (χ0v) is 35.2. The smallest absolute Gasteiger partial charge is 0.135 e. The molecule has 2 heterocycles. The minimum Gasteiger partial charge on any atom is -0.456 e. The van der Waals surface area contributed by atoms with Gasteiger partial charge in [-0.3, -0.25) is 0 Å². The Balaban J connectivity index is 1.00. The summed E-state index contributed by atoms with van der Waals surface area (Å²) in [4.78, 5) is 0. The average Bonchev–Trinajstić information content (AvgIpc) is 3.32. The average molecular weight is 807 g/mol. The molecule has 0 saturated carbocycles. The summed E-state index contributed by atoms with van der Waals surface area (Å²) in [5, 5.41) is 13.7. The summed E-state index contributed by atoms with van der Waals surface area (Å²) in [6.45, 7) is 2.12. The summed E-state index contributed by atoms with van der Waals surface area (Å²) in [6.07, 6.45) is 0. The summed E-state index contributed by atoms with van der Waals surface area (Å²) in [7, 11) is -1.75. The van der Waals surface area contributed by atoms with Crippen LogP contribution in [0, 0.1) is 6.92 Å². The van der Waals surface area contributed by atoms with E-state index in [2.05, 4.69) is 213 Å². The first kappa shape index (κ1) is 35.1. The summed E-state index contributed by atoms with van der Waals surface area (Å²) in [5.41, 5.74) is 10.8. The molecule has 290 valence electrons. The number of hydrogen-bond acceptors (Lipinski definition) is 2. The predicted molar refractivity (Wildman–Crippen MR) is 262 cm³/mol. The molecule has 0 aliphatic carbocycles. The second kappa shape index (κ2) is 13.7. The van der Waals surface area contributed by atoms with Gasteiger partial charge in [0.05, 0.1) is 0 Å². The Hall–Kier alpha value is -7.72. The topological polar surface area (TPSA) is 18.5 Å². The van der Waals surface area contributed by atoms with Crippen molar-refractivity contribution in [1.29, 1.82) is 0 Å². The highest BCUT2D eigenvalue weighted by molar-refractivity contribution is 6.95.